The summed E-state index contributed by atoms with van der Waals surface area (Å²) in [6.45, 7) is 2.46. The summed E-state index contributed by atoms with van der Waals surface area (Å²) >= 11 is 0. The second kappa shape index (κ2) is 4.49. The van der Waals surface area contributed by atoms with Gasteiger partial charge in [0, 0.05) is 19.6 Å². The molecule has 0 aliphatic carbocycles. The molecule has 5 heteroatoms. The Morgan fingerprint density at radius 3 is 2.78 bits per heavy atom. The van der Waals surface area contributed by atoms with Crippen LogP contribution in [0.5, 0.6) is 11.5 Å². The van der Waals surface area contributed by atoms with Gasteiger partial charge in [0.2, 0.25) is 0 Å². The molecule has 1 atom stereocenters. The van der Waals surface area contributed by atoms with Crippen LogP contribution in [-0.2, 0) is 4.79 Å². The van der Waals surface area contributed by atoms with Crippen molar-refractivity contribution in [1.82, 2.24) is 4.90 Å². The lowest BCUT2D eigenvalue weighted by Crippen LogP contribution is -2.54. The number of hydrogen-bond donors (Lipinski definition) is 1. The number of carbonyl (C=O) groups is 1. The molecule has 0 aromatic heterocycles. The summed E-state index contributed by atoms with van der Waals surface area (Å²) in [6, 6.07) is 7.59. The number of carboxylic acids is 1. The molecule has 1 aromatic rings. The molecule has 0 spiro atoms. The molecule has 96 valence electrons. The van der Waals surface area contributed by atoms with E-state index in [-0.39, 0.29) is 12.0 Å². The number of nitrogens with zero attached hydrogens (tertiary/aromatic N) is 1. The molecule has 0 radical (unpaired) electrons. The summed E-state index contributed by atoms with van der Waals surface area (Å²) in [7, 11) is 0. The van der Waals surface area contributed by atoms with Crippen molar-refractivity contribution in [3.05, 3.63) is 24.3 Å². The molecule has 18 heavy (non-hydrogen) atoms. The molecule has 1 fully saturated rings. The monoisotopic (exact) mass is 249 g/mol. The lowest BCUT2D eigenvalue weighted by molar-refractivity contribution is -0.148. The van der Waals surface area contributed by atoms with E-state index in [9.17, 15) is 4.79 Å². The van der Waals surface area contributed by atoms with Crippen LogP contribution >= 0.6 is 0 Å². The van der Waals surface area contributed by atoms with E-state index in [2.05, 4.69) is 4.90 Å². The molecule has 2 heterocycles. The Bertz CT molecular complexity index is 456. The van der Waals surface area contributed by atoms with Gasteiger partial charge in [0.1, 0.15) is 12.7 Å². The standard InChI is InChI=1S/C13H15NO4/c15-13(16)9-5-14(6-9)7-10-8-17-11-3-1-2-4-12(11)18-10/h1-4,9-10H,5-8H2,(H,15,16). The van der Waals surface area contributed by atoms with Gasteiger partial charge in [-0.1, -0.05) is 12.1 Å². The van der Waals surface area contributed by atoms with Crippen LogP contribution in [-0.4, -0.2) is 48.3 Å². The van der Waals surface area contributed by atoms with Crippen molar-refractivity contribution in [3.63, 3.8) is 0 Å². The van der Waals surface area contributed by atoms with E-state index in [4.69, 9.17) is 14.6 Å². The maximum atomic E-state index is 10.7. The van der Waals surface area contributed by atoms with Crippen LogP contribution in [0.25, 0.3) is 0 Å². The van der Waals surface area contributed by atoms with Crippen molar-refractivity contribution in [2.75, 3.05) is 26.2 Å². The van der Waals surface area contributed by atoms with Crippen molar-refractivity contribution in [2.45, 2.75) is 6.10 Å². The Labute approximate surface area is 105 Å². The lowest BCUT2D eigenvalue weighted by atomic mass is 10.00. The maximum Gasteiger partial charge on any atom is 0.309 e. The highest BCUT2D eigenvalue weighted by Gasteiger charge is 2.35. The minimum atomic E-state index is -0.711. The SMILES string of the molecule is O=C(O)C1CN(CC2COc3ccccc3O2)C1. The van der Waals surface area contributed by atoms with E-state index in [0.717, 1.165) is 18.0 Å². The van der Waals surface area contributed by atoms with Gasteiger partial charge in [-0.3, -0.25) is 9.69 Å². The Balaban J connectivity index is 1.53. The first-order chi connectivity index (χ1) is 8.72. The zero-order valence-electron chi connectivity index (χ0n) is 9.91. The third-order valence-corrected chi connectivity index (χ3v) is 3.34. The highest BCUT2D eigenvalue weighted by molar-refractivity contribution is 5.71. The Morgan fingerprint density at radius 1 is 1.33 bits per heavy atom. The number of para-hydroxylation sites is 2. The first-order valence-electron chi connectivity index (χ1n) is 6.06. The highest BCUT2D eigenvalue weighted by Crippen LogP contribution is 2.31. The molecule has 2 aliphatic rings. The van der Waals surface area contributed by atoms with E-state index in [1.165, 1.54) is 0 Å². The summed E-state index contributed by atoms with van der Waals surface area (Å²) in [5.41, 5.74) is 0. The average Bonchev–Trinajstić information content (AvgIpc) is 2.32. The largest absolute Gasteiger partial charge is 0.486 e. The zero-order valence-corrected chi connectivity index (χ0v) is 9.91. The molecule has 0 amide bonds. The van der Waals surface area contributed by atoms with Crippen LogP contribution in [0.2, 0.25) is 0 Å². The summed E-state index contributed by atoms with van der Waals surface area (Å²) in [4.78, 5) is 12.8. The van der Waals surface area contributed by atoms with E-state index in [0.29, 0.717) is 19.7 Å². The fraction of sp³-hybridized carbons (Fsp3) is 0.462. The van der Waals surface area contributed by atoms with Gasteiger partial charge in [-0.05, 0) is 12.1 Å². The van der Waals surface area contributed by atoms with Crippen molar-refractivity contribution in [1.29, 1.82) is 0 Å². The maximum absolute atomic E-state index is 10.7. The Morgan fingerprint density at radius 2 is 2.06 bits per heavy atom. The predicted molar refractivity (Wildman–Crippen MR) is 63.9 cm³/mol. The quantitative estimate of drug-likeness (QED) is 0.860. The van der Waals surface area contributed by atoms with E-state index < -0.39 is 5.97 Å². The van der Waals surface area contributed by atoms with Crippen LogP contribution in [0.1, 0.15) is 0 Å². The van der Waals surface area contributed by atoms with E-state index in [1.807, 2.05) is 24.3 Å². The normalized spacial score (nSPS) is 23.4. The van der Waals surface area contributed by atoms with E-state index in [1.54, 1.807) is 0 Å². The minimum Gasteiger partial charge on any atom is -0.486 e. The molecule has 1 unspecified atom stereocenters. The second-order valence-corrected chi connectivity index (χ2v) is 4.75. The number of fused-ring (bicyclic) bond motifs is 1. The number of aliphatic carboxylic acids is 1. The fourth-order valence-corrected chi connectivity index (χ4v) is 2.32. The van der Waals surface area contributed by atoms with Crippen LogP contribution in [0, 0.1) is 5.92 Å². The average molecular weight is 249 g/mol. The first-order valence-corrected chi connectivity index (χ1v) is 6.06. The van der Waals surface area contributed by atoms with Gasteiger partial charge >= 0.3 is 5.97 Å². The van der Waals surface area contributed by atoms with Crippen LogP contribution < -0.4 is 9.47 Å². The molecule has 5 nitrogen and oxygen atoms in total. The number of rotatable bonds is 3. The predicted octanol–water partition coefficient (Wildman–Crippen LogP) is 0.843. The van der Waals surface area contributed by atoms with Crippen LogP contribution in [0.3, 0.4) is 0 Å². The molecule has 0 saturated carbocycles. The fourth-order valence-electron chi connectivity index (χ4n) is 2.32. The lowest BCUT2D eigenvalue weighted by Gasteiger charge is -2.39. The van der Waals surface area contributed by atoms with Gasteiger partial charge in [0.05, 0.1) is 5.92 Å². The van der Waals surface area contributed by atoms with Crippen LogP contribution in [0.15, 0.2) is 24.3 Å². The third kappa shape index (κ3) is 2.13. The first kappa shape index (κ1) is 11.3. The second-order valence-electron chi connectivity index (χ2n) is 4.75. The smallest absolute Gasteiger partial charge is 0.309 e. The molecule has 1 aromatic carbocycles. The van der Waals surface area contributed by atoms with Crippen molar-refractivity contribution in [2.24, 2.45) is 5.92 Å². The molecule has 1 saturated heterocycles. The van der Waals surface area contributed by atoms with Gasteiger partial charge in [0.25, 0.3) is 0 Å². The molecule has 2 aliphatic heterocycles. The number of ether oxygens (including phenoxy) is 2. The minimum absolute atomic E-state index is 0.0188. The number of carboxylic acid groups (broad SMARTS) is 1. The topological polar surface area (TPSA) is 59.0 Å². The zero-order chi connectivity index (χ0) is 12.5. The Hall–Kier alpha value is -1.75. The molecular weight excluding hydrogens is 234 g/mol. The number of hydrogen-bond acceptors (Lipinski definition) is 4. The van der Waals surface area contributed by atoms with Gasteiger partial charge in [0.15, 0.2) is 11.5 Å². The van der Waals surface area contributed by atoms with Crippen molar-refractivity contribution < 1.29 is 19.4 Å². The van der Waals surface area contributed by atoms with Gasteiger partial charge in [-0.15, -0.1) is 0 Å². The van der Waals surface area contributed by atoms with Crippen molar-refractivity contribution >= 4 is 5.97 Å². The molecule has 1 N–H and O–H groups in total. The summed E-state index contributed by atoms with van der Waals surface area (Å²) in [6.07, 6.45) is -0.0188. The van der Waals surface area contributed by atoms with Gasteiger partial charge < -0.3 is 14.6 Å². The van der Waals surface area contributed by atoms with E-state index >= 15 is 0 Å². The number of benzene rings is 1. The summed E-state index contributed by atoms with van der Waals surface area (Å²) < 4.78 is 11.4. The van der Waals surface area contributed by atoms with Crippen molar-refractivity contribution in [3.8, 4) is 11.5 Å². The number of likely N-dealkylation sites (tertiary alicyclic amines) is 1. The molecule has 0 bridgehead atoms. The van der Waals surface area contributed by atoms with Gasteiger partial charge in [-0.25, -0.2) is 0 Å². The third-order valence-electron chi connectivity index (χ3n) is 3.34. The Kier molecular flexibility index (Phi) is 2.83. The van der Waals surface area contributed by atoms with Gasteiger partial charge in [-0.2, -0.15) is 0 Å². The molecule has 3 rings (SSSR count). The summed E-state index contributed by atoms with van der Waals surface area (Å²) in [5, 5.41) is 8.80. The molecular formula is C13H15NO4. The summed E-state index contributed by atoms with van der Waals surface area (Å²) in [5.74, 6) is 0.615. The highest BCUT2D eigenvalue weighted by atomic mass is 16.6. The van der Waals surface area contributed by atoms with Crippen LogP contribution in [0.4, 0.5) is 0 Å².